The van der Waals surface area contributed by atoms with E-state index in [4.69, 9.17) is 4.74 Å². The summed E-state index contributed by atoms with van der Waals surface area (Å²) in [5.74, 6) is 0. The van der Waals surface area contributed by atoms with Crippen LogP contribution >= 0.6 is 31.9 Å². The molecule has 0 aliphatic heterocycles. The summed E-state index contributed by atoms with van der Waals surface area (Å²) in [4.78, 5) is 0. The summed E-state index contributed by atoms with van der Waals surface area (Å²) in [6, 6.07) is 16.9. The van der Waals surface area contributed by atoms with Crippen LogP contribution < -0.4 is 0 Å². The van der Waals surface area contributed by atoms with Gasteiger partial charge >= 0.3 is 0 Å². The van der Waals surface area contributed by atoms with Gasteiger partial charge in [-0.15, -0.1) is 0 Å². The van der Waals surface area contributed by atoms with E-state index in [0.717, 1.165) is 35.0 Å². The molecular weight excluding hydrogens is 428 g/mol. The van der Waals surface area contributed by atoms with Crippen LogP contribution in [0.2, 0.25) is 0 Å². The molecule has 0 aromatic heterocycles. The van der Waals surface area contributed by atoms with Crippen molar-refractivity contribution in [1.82, 2.24) is 0 Å². The Morgan fingerprint density at radius 3 is 1.79 bits per heavy atom. The lowest BCUT2D eigenvalue weighted by atomic mass is 9.87. The van der Waals surface area contributed by atoms with E-state index in [1.807, 2.05) is 6.92 Å². The van der Waals surface area contributed by atoms with Crippen molar-refractivity contribution in [3.05, 3.63) is 68.6 Å². The highest BCUT2D eigenvalue weighted by Gasteiger charge is 2.12. The van der Waals surface area contributed by atoms with Crippen LogP contribution in [0.1, 0.15) is 45.2 Å². The van der Waals surface area contributed by atoms with Crippen molar-refractivity contribution in [2.24, 2.45) is 0 Å². The monoisotopic (exact) mass is 454 g/mol. The summed E-state index contributed by atoms with van der Waals surface area (Å²) >= 11 is 6.83. The molecule has 2 rings (SSSR count). The van der Waals surface area contributed by atoms with Gasteiger partial charge in [-0.05, 0) is 60.6 Å². The minimum absolute atomic E-state index is 0.265. The normalized spacial score (nSPS) is 10.9. The number of hydrogen-bond donors (Lipinski definition) is 0. The summed E-state index contributed by atoms with van der Waals surface area (Å²) in [5.41, 5.74) is 3.02. The number of hydrogen-bond acceptors (Lipinski definition) is 1. The Kier molecular flexibility index (Phi) is 9.87. The molecule has 0 saturated heterocycles. The third kappa shape index (κ3) is 9.00. The Hall–Kier alpha value is -0.640. The first-order valence-corrected chi connectivity index (χ1v) is 9.99. The van der Waals surface area contributed by atoms with E-state index < -0.39 is 0 Å². The van der Waals surface area contributed by atoms with Gasteiger partial charge in [0.25, 0.3) is 0 Å². The molecule has 3 heteroatoms. The smallest absolute Gasteiger partial charge is 0.0469 e. The lowest BCUT2D eigenvalue weighted by Gasteiger charge is -2.18. The molecule has 0 heterocycles. The molecule has 0 aliphatic carbocycles. The molecule has 0 unspecified atom stereocenters. The summed E-state index contributed by atoms with van der Waals surface area (Å²) in [6.45, 7) is 10.4. The Labute approximate surface area is 164 Å². The molecule has 0 radical (unpaired) electrons. The zero-order valence-corrected chi connectivity index (χ0v) is 18.3. The lowest BCUT2D eigenvalue weighted by molar-refractivity contribution is 0.145. The van der Waals surface area contributed by atoms with Gasteiger partial charge in [-0.2, -0.15) is 0 Å². The highest BCUT2D eigenvalue weighted by Crippen LogP contribution is 2.23. The average molecular weight is 456 g/mol. The van der Waals surface area contributed by atoms with Crippen molar-refractivity contribution in [2.75, 3.05) is 13.2 Å². The molecule has 0 atom stereocenters. The third-order valence-corrected chi connectivity index (χ3v) is 4.64. The van der Waals surface area contributed by atoms with Crippen molar-refractivity contribution < 1.29 is 4.74 Å². The standard InChI is InChI=1S/C11H15BrO.C10H13Br/c1-2-13-9-3-4-10-5-7-11(12)8-6-10;1-10(2,3)8-4-6-9(11)7-5-8/h5-8H,2-4,9H2,1H3;4-7H,1-3H3. The van der Waals surface area contributed by atoms with Crippen LogP contribution in [0.4, 0.5) is 0 Å². The van der Waals surface area contributed by atoms with Crippen LogP contribution in [0.15, 0.2) is 57.5 Å². The largest absolute Gasteiger partial charge is 0.382 e. The quantitative estimate of drug-likeness (QED) is 0.434. The molecule has 0 N–H and O–H groups in total. The average Bonchev–Trinajstić information content (AvgIpc) is 2.53. The zero-order valence-electron chi connectivity index (χ0n) is 15.1. The molecule has 2 aromatic rings. The van der Waals surface area contributed by atoms with Crippen molar-refractivity contribution in [2.45, 2.75) is 46.0 Å². The first-order chi connectivity index (χ1) is 11.3. The SMILES string of the molecule is CC(C)(C)c1ccc(Br)cc1.CCOCCCc1ccc(Br)cc1. The molecule has 1 nitrogen and oxygen atoms in total. The van der Waals surface area contributed by atoms with Crippen LogP contribution in [0.5, 0.6) is 0 Å². The fourth-order valence-corrected chi connectivity index (χ4v) is 2.65. The van der Waals surface area contributed by atoms with Gasteiger partial charge in [-0.3, -0.25) is 0 Å². The highest BCUT2D eigenvalue weighted by molar-refractivity contribution is 9.10. The summed E-state index contributed by atoms with van der Waals surface area (Å²) in [7, 11) is 0. The lowest BCUT2D eigenvalue weighted by Crippen LogP contribution is -2.10. The predicted molar refractivity (Wildman–Crippen MR) is 112 cm³/mol. The van der Waals surface area contributed by atoms with E-state index in [-0.39, 0.29) is 5.41 Å². The van der Waals surface area contributed by atoms with Gasteiger partial charge in [-0.25, -0.2) is 0 Å². The minimum Gasteiger partial charge on any atom is -0.382 e. The Morgan fingerprint density at radius 2 is 1.33 bits per heavy atom. The van der Waals surface area contributed by atoms with E-state index in [2.05, 4.69) is 101 Å². The fraction of sp³-hybridized carbons (Fsp3) is 0.429. The zero-order chi connectivity index (χ0) is 18.0. The van der Waals surface area contributed by atoms with Crippen LogP contribution in [-0.2, 0) is 16.6 Å². The van der Waals surface area contributed by atoms with Crippen molar-refractivity contribution in [3.63, 3.8) is 0 Å². The van der Waals surface area contributed by atoms with Crippen LogP contribution in [0, 0.1) is 0 Å². The molecule has 0 saturated carbocycles. The minimum atomic E-state index is 0.265. The molecule has 0 bridgehead atoms. The van der Waals surface area contributed by atoms with Crippen molar-refractivity contribution in [1.29, 1.82) is 0 Å². The Bertz CT molecular complexity index is 568. The van der Waals surface area contributed by atoms with Gasteiger partial charge in [0.1, 0.15) is 0 Å². The van der Waals surface area contributed by atoms with Gasteiger partial charge in [0.05, 0.1) is 0 Å². The second-order valence-corrected chi connectivity index (χ2v) is 8.52. The van der Waals surface area contributed by atoms with Crippen LogP contribution in [0.3, 0.4) is 0 Å². The van der Waals surface area contributed by atoms with Crippen molar-refractivity contribution >= 4 is 31.9 Å². The molecule has 0 fully saturated rings. The van der Waals surface area contributed by atoms with E-state index in [1.165, 1.54) is 11.1 Å². The Balaban J connectivity index is 0.000000243. The fourth-order valence-electron chi connectivity index (χ4n) is 2.12. The maximum Gasteiger partial charge on any atom is 0.0469 e. The van der Waals surface area contributed by atoms with E-state index in [9.17, 15) is 0 Å². The molecule has 0 aliphatic rings. The van der Waals surface area contributed by atoms with Gasteiger partial charge in [0.2, 0.25) is 0 Å². The van der Waals surface area contributed by atoms with Gasteiger partial charge < -0.3 is 4.74 Å². The third-order valence-electron chi connectivity index (χ3n) is 3.58. The van der Waals surface area contributed by atoms with Gasteiger partial charge in [0, 0.05) is 22.2 Å². The number of rotatable bonds is 5. The number of ether oxygens (including phenoxy) is 1. The van der Waals surface area contributed by atoms with Gasteiger partial charge in [-0.1, -0.05) is 76.9 Å². The maximum atomic E-state index is 5.27. The predicted octanol–water partition coefficient (Wildman–Crippen LogP) is 7.16. The molecule has 132 valence electrons. The number of aryl methyl sites for hydroxylation is 1. The van der Waals surface area contributed by atoms with Gasteiger partial charge in [0.15, 0.2) is 0 Å². The number of halogens is 2. The molecule has 0 spiro atoms. The highest BCUT2D eigenvalue weighted by atomic mass is 79.9. The summed E-state index contributed by atoms with van der Waals surface area (Å²) in [6.07, 6.45) is 2.21. The molecule has 24 heavy (non-hydrogen) atoms. The first-order valence-electron chi connectivity index (χ1n) is 8.41. The van der Waals surface area contributed by atoms with E-state index in [0.29, 0.717) is 0 Å². The van der Waals surface area contributed by atoms with Crippen molar-refractivity contribution in [3.8, 4) is 0 Å². The molecule has 2 aromatic carbocycles. The van der Waals surface area contributed by atoms with Crippen LogP contribution in [-0.4, -0.2) is 13.2 Å². The van der Waals surface area contributed by atoms with Crippen LogP contribution in [0.25, 0.3) is 0 Å². The second-order valence-electron chi connectivity index (χ2n) is 6.68. The molecular formula is C21H28Br2O. The number of benzene rings is 2. The molecule has 0 amide bonds. The summed E-state index contributed by atoms with van der Waals surface area (Å²) in [5, 5.41) is 0. The first kappa shape index (κ1) is 21.4. The summed E-state index contributed by atoms with van der Waals surface area (Å²) < 4.78 is 7.55. The van der Waals surface area contributed by atoms with E-state index >= 15 is 0 Å². The topological polar surface area (TPSA) is 9.23 Å². The van der Waals surface area contributed by atoms with E-state index in [1.54, 1.807) is 0 Å². The second kappa shape index (κ2) is 11.1. The maximum absolute atomic E-state index is 5.27. The Morgan fingerprint density at radius 1 is 0.833 bits per heavy atom.